The fourth-order valence-electron chi connectivity index (χ4n) is 1.88. The van der Waals surface area contributed by atoms with E-state index in [9.17, 15) is 0 Å². The first kappa shape index (κ1) is 13.8. The van der Waals surface area contributed by atoms with E-state index in [0.717, 1.165) is 32.9 Å². The standard InChI is InChI=1S/C13H15ClIN3/c1-2-18-6-5-17-13(18)8-12(16)9-3-4-11(15)10(14)7-9/h3-7,12H,2,8,16H2,1H3. The molecule has 5 heteroatoms. The highest BCUT2D eigenvalue weighted by atomic mass is 127. The van der Waals surface area contributed by atoms with Crippen molar-refractivity contribution >= 4 is 34.2 Å². The Morgan fingerprint density at radius 2 is 2.28 bits per heavy atom. The molecule has 96 valence electrons. The maximum atomic E-state index is 6.21. The van der Waals surface area contributed by atoms with Crippen molar-refractivity contribution in [3.05, 3.63) is 50.6 Å². The Kier molecular flexibility index (Phi) is 4.64. The summed E-state index contributed by atoms with van der Waals surface area (Å²) in [7, 11) is 0. The predicted molar refractivity (Wildman–Crippen MR) is 82.7 cm³/mol. The van der Waals surface area contributed by atoms with E-state index >= 15 is 0 Å². The maximum absolute atomic E-state index is 6.21. The molecule has 0 spiro atoms. The number of nitrogens with zero attached hydrogens (tertiary/aromatic N) is 2. The van der Waals surface area contributed by atoms with Crippen LogP contribution in [-0.4, -0.2) is 9.55 Å². The molecule has 1 atom stereocenters. The highest BCUT2D eigenvalue weighted by Gasteiger charge is 2.12. The van der Waals surface area contributed by atoms with Crippen LogP contribution >= 0.6 is 34.2 Å². The molecule has 1 unspecified atom stereocenters. The highest BCUT2D eigenvalue weighted by Crippen LogP contribution is 2.23. The number of hydrogen-bond acceptors (Lipinski definition) is 2. The molecule has 0 aliphatic heterocycles. The zero-order valence-electron chi connectivity index (χ0n) is 10.1. The fourth-order valence-corrected chi connectivity index (χ4v) is 2.40. The first-order valence-electron chi connectivity index (χ1n) is 5.82. The zero-order chi connectivity index (χ0) is 13.1. The normalized spacial score (nSPS) is 12.7. The van der Waals surface area contributed by atoms with Crippen molar-refractivity contribution < 1.29 is 0 Å². The van der Waals surface area contributed by atoms with Gasteiger partial charge < -0.3 is 10.3 Å². The van der Waals surface area contributed by atoms with Crippen LogP contribution in [0.4, 0.5) is 0 Å². The van der Waals surface area contributed by atoms with Gasteiger partial charge in [-0.25, -0.2) is 4.98 Å². The molecular weight excluding hydrogens is 361 g/mol. The van der Waals surface area contributed by atoms with Gasteiger partial charge in [0.1, 0.15) is 5.82 Å². The lowest BCUT2D eigenvalue weighted by molar-refractivity contribution is 0.628. The molecule has 0 saturated carbocycles. The predicted octanol–water partition coefficient (Wildman–Crippen LogP) is 3.40. The lowest BCUT2D eigenvalue weighted by atomic mass is 10.0. The molecule has 2 N–H and O–H groups in total. The summed E-state index contributed by atoms with van der Waals surface area (Å²) in [6, 6.07) is 5.88. The van der Waals surface area contributed by atoms with E-state index in [1.807, 2.05) is 30.6 Å². The van der Waals surface area contributed by atoms with E-state index in [1.54, 1.807) is 0 Å². The molecule has 0 amide bonds. The minimum absolute atomic E-state index is 0.0767. The van der Waals surface area contributed by atoms with Crippen LogP contribution < -0.4 is 5.73 Å². The second-order valence-corrected chi connectivity index (χ2v) is 5.68. The first-order chi connectivity index (χ1) is 8.61. The molecule has 1 heterocycles. The summed E-state index contributed by atoms with van der Waals surface area (Å²) in [5.41, 5.74) is 7.26. The summed E-state index contributed by atoms with van der Waals surface area (Å²) >= 11 is 8.32. The molecule has 0 radical (unpaired) electrons. The van der Waals surface area contributed by atoms with Gasteiger partial charge in [-0.2, -0.15) is 0 Å². The van der Waals surface area contributed by atoms with Crippen LogP contribution in [0.2, 0.25) is 5.02 Å². The van der Waals surface area contributed by atoms with E-state index in [1.165, 1.54) is 0 Å². The second kappa shape index (κ2) is 6.04. The quantitative estimate of drug-likeness (QED) is 0.832. The molecule has 0 aliphatic rings. The maximum Gasteiger partial charge on any atom is 0.110 e. The minimum atomic E-state index is -0.0767. The number of nitrogens with two attached hydrogens (primary N) is 1. The van der Waals surface area contributed by atoms with Crippen LogP contribution in [-0.2, 0) is 13.0 Å². The van der Waals surface area contributed by atoms with Gasteiger partial charge in [0.25, 0.3) is 0 Å². The fraction of sp³-hybridized carbons (Fsp3) is 0.308. The lowest BCUT2D eigenvalue weighted by Crippen LogP contribution is -2.16. The number of benzene rings is 1. The number of halogens is 2. The van der Waals surface area contributed by atoms with E-state index in [4.69, 9.17) is 17.3 Å². The van der Waals surface area contributed by atoms with E-state index < -0.39 is 0 Å². The van der Waals surface area contributed by atoms with E-state index in [-0.39, 0.29) is 6.04 Å². The third kappa shape index (κ3) is 3.05. The number of aryl methyl sites for hydroxylation is 1. The van der Waals surface area contributed by atoms with Crippen molar-refractivity contribution in [3.63, 3.8) is 0 Å². The van der Waals surface area contributed by atoms with Gasteiger partial charge in [-0.05, 0) is 47.2 Å². The van der Waals surface area contributed by atoms with Crippen molar-refractivity contribution in [1.82, 2.24) is 9.55 Å². The molecule has 2 rings (SSSR count). The van der Waals surface area contributed by atoms with Crippen molar-refractivity contribution in [2.75, 3.05) is 0 Å². The Morgan fingerprint density at radius 1 is 1.50 bits per heavy atom. The van der Waals surface area contributed by atoms with E-state index in [0.29, 0.717) is 0 Å². The van der Waals surface area contributed by atoms with Gasteiger partial charge in [0.2, 0.25) is 0 Å². The Labute approximate surface area is 125 Å². The van der Waals surface area contributed by atoms with Gasteiger partial charge >= 0.3 is 0 Å². The average molecular weight is 376 g/mol. The van der Waals surface area contributed by atoms with E-state index in [2.05, 4.69) is 39.1 Å². The molecule has 18 heavy (non-hydrogen) atoms. The van der Waals surface area contributed by atoms with Crippen LogP contribution in [0.25, 0.3) is 0 Å². The van der Waals surface area contributed by atoms with Crippen LogP contribution in [0.15, 0.2) is 30.6 Å². The monoisotopic (exact) mass is 375 g/mol. The molecule has 0 aliphatic carbocycles. The summed E-state index contributed by atoms with van der Waals surface area (Å²) in [6.45, 7) is 3.01. The Morgan fingerprint density at radius 3 is 2.94 bits per heavy atom. The SMILES string of the molecule is CCn1ccnc1CC(N)c1ccc(I)c(Cl)c1. The molecule has 1 aromatic heterocycles. The molecular formula is C13H15ClIN3. The first-order valence-corrected chi connectivity index (χ1v) is 7.28. The summed E-state index contributed by atoms with van der Waals surface area (Å²) in [6.07, 6.45) is 4.51. The zero-order valence-corrected chi connectivity index (χ0v) is 13.0. The van der Waals surface area contributed by atoms with Crippen LogP contribution in [0.1, 0.15) is 24.4 Å². The van der Waals surface area contributed by atoms with Crippen LogP contribution in [0, 0.1) is 3.57 Å². The van der Waals surface area contributed by atoms with Gasteiger partial charge in [-0.15, -0.1) is 0 Å². The number of imidazole rings is 1. The molecule has 2 aromatic rings. The van der Waals surface area contributed by atoms with Gasteiger partial charge in [-0.1, -0.05) is 17.7 Å². The molecule has 0 fully saturated rings. The molecule has 1 aromatic carbocycles. The van der Waals surface area contributed by atoms with Crippen molar-refractivity contribution in [3.8, 4) is 0 Å². The van der Waals surface area contributed by atoms with Gasteiger partial charge in [0.05, 0.1) is 5.02 Å². The summed E-state index contributed by atoms with van der Waals surface area (Å²) in [4.78, 5) is 4.34. The second-order valence-electron chi connectivity index (χ2n) is 4.11. The largest absolute Gasteiger partial charge is 0.335 e. The van der Waals surface area contributed by atoms with Crippen LogP contribution in [0.5, 0.6) is 0 Å². The smallest absolute Gasteiger partial charge is 0.110 e. The van der Waals surface area contributed by atoms with Gasteiger partial charge in [0, 0.05) is 35.0 Å². The Bertz CT molecular complexity index is 539. The molecule has 0 saturated heterocycles. The highest BCUT2D eigenvalue weighted by molar-refractivity contribution is 14.1. The number of hydrogen-bond donors (Lipinski definition) is 1. The topological polar surface area (TPSA) is 43.8 Å². The third-order valence-electron chi connectivity index (χ3n) is 2.92. The van der Waals surface area contributed by atoms with Gasteiger partial charge in [-0.3, -0.25) is 0 Å². The molecule has 0 bridgehead atoms. The van der Waals surface area contributed by atoms with Crippen molar-refractivity contribution in [1.29, 1.82) is 0 Å². The summed E-state index contributed by atoms with van der Waals surface area (Å²) in [5.74, 6) is 1.01. The third-order valence-corrected chi connectivity index (χ3v) is 4.49. The van der Waals surface area contributed by atoms with Crippen molar-refractivity contribution in [2.45, 2.75) is 25.9 Å². The number of rotatable bonds is 4. The minimum Gasteiger partial charge on any atom is -0.335 e. The lowest BCUT2D eigenvalue weighted by Gasteiger charge is -2.13. The number of aromatic nitrogens is 2. The molecule has 3 nitrogen and oxygen atoms in total. The summed E-state index contributed by atoms with van der Waals surface area (Å²) in [5, 5.41) is 0.752. The van der Waals surface area contributed by atoms with Crippen molar-refractivity contribution in [2.24, 2.45) is 5.73 Å². The van der Waals surface area contributed by atoms with Gasteiger partial charge in [0.15, 0.2) is 0 Å². The van der Waals surface area contributed by atoms with Crippen LogP contribution in [0.3, 0.4) is 0 Å². The Balaban J connectivity index is 2.16. The average Bonchev–Trinajstić information content (AvgIpc) is 2.79. The Hall–Kier alpha value is -0.590. The summed E-state index contributed by atoms with van der Waals surface area (Å²) < 4.78 is 3.15.